The molecule has 14 heteroatoms. The molecule has 4 nitrogen and oxygen atoms in total. The first-order valence-corrected chi connectivity index (χ1v) is 16.5. The average molecular weight is 716 g/mol. The molecule has 2 unspecified atom stereocenters. The lowest BCUT2D eigenvalue weighted by molar-refractivity contribution is -0.392. The molecule has 1 aliphatic carbocycles. The summed E-state index contributed by atoms with van der Waals surface area (Å²) in [7, 11) is -4.42. The quantitative estimate of drug-likeness (QED) is 0.132. The van der Waals surface area contributed by atoms with Gasteiger partial charge in [0, 0.05) is 23.7 Å². The third-order valence-electron chi connectivity index (χ3n) is 8.94. The number of sulfone groups is 1. The Kier molecular flexibility index (Phi) is 9.99. The highest BCUT2D eigenvalue weighted by atomic mass is 32.2. The maximum absolute atomic E-state index is 14.5. The zero-order chi connectivity index (χ0) is 35.8. The van der Waals surface area contributed by atoms with Crippen LogP contribution in [0.5, 0.6) is 0 Å². The molecule has 4 aromatic carbocycles. The number of benzene rings is 4. The van der Waals surface area contributed by atoms with Crippen molar-refractivity contribution in [2.75, 3.05) is 0 Å². The molecule has 0 aromatic heterocycles. The first-order valence-electron chi connectivity index (χ1n) is 15.0. The summed E-state index contributed by atoms with van der Waals surface area (Å²) >= 11 is 0. The summed E-state index contributed by atoms with van der Waals surface area (Å²) < 4.78 is 160. The summed E-state index contributed by atoms with van der Waals surface area (Å²) in [5, 5.41) is 3.29. The zero-order valence-corrected chi connectivity index (χ0v) is 26.6. The van der Waals surface area contributed by atoms with Crippen molar-refractivity contribution in [1.82, 2.24) is 5.32 Å². The van der Waals surface area contributed by atoms with Gasteiger partial charge in [-0.3, -0.25) is 0 Å². The fourth-order valence-corrected chi connectivity index (χ4v) is 8.45. The number of hydrogen-bond acceptors (Lipinski definition) is 4. The smallest absolute Gasteiger partial charge is 0.349 e. The Morgan fingerprint density at radius 1 is 0.796 bits per heavy atom. The van der Waals surface area contributed by atoms with Gasteiger partial charge in [-0.1, -0.05) is 60.2 Å². The van der Waals surface area contributed by atoms with E-state index in [0.29, 0.717) is 30.8 Å². The molecular formula is C35H30F9NO3S. The van der Waals surface area contributed by atoms with Crippen LogP contribution in [0.2, 0.25) is 0 Å². The first kappa shape index (κ1) is 36.4. The number of hydrogen-bond donors (Lipinski definition) is 1. The minimum Gasteiger partial charge on any atom is -0.349 e. The van der Waals surface area contributed by atoms with Crippen LogP contribution >= 0.6 is 0 Å². The van der Waals surface area contributed by atoms with E-state index in [4.69, 9.17) is 0 Å². The topological polar surface area (TPSA) is 55.4 Å². The normalized spacial score (nSPS) is 18.9. The SMILES string of the molecule is Cc1ccc(CNC2CCC(c3ccc(C(OCc4c(F)cccc4F)(C(F)(F)F)C(F)(F)F)cc3)(S(=O)(=O)c3ccc(F)cc3)C2)cc1. The Bertz CT molecular complexity index is 1840. The van der Waals surface area contributed by atoms with E-state index in [0.717, 1.165) is 53.6 Å². The zero-order valence-electron chi connectivity index (χ0n) is 25.8. The van der Waals surface area contributed by atoms with Crippen molar-refractivity contribution in [3.63, 3.8) is 0 Å². The van der Waals surface area contributed by atoms with Crippen molar-refractivity contribution in [3.8, 4) is 0 Å². The van der Waals surface area contributed by atoms with Crippen LogP contribution in [0.1, 0.15) is 47.1 Å². The van der Waals surface area contributed by atoms with Crippen molar-refractivity contribution in [1.29, 1.82) is 0 Å². The highest BCUT2D eigenvalue weighted by Gasteiger charge is 2.73. The summed E-state index contributed by atoms with van der Waals surface area (Å²) in [5.41, 5.74) is -5.82. The van der Waals surface area contributed by atoms with Gasteiger partial charge in [-0.25, -0.2) is 21.6 Å². The van der Waals surface area contributed by atoms with Crippen LogP contribution in [0.3, 0.4) is 0 Å². The molecule has 0 radical (unpaired) electrons. The number of rotatable bonds is 10. The lowest BCUT2D eigenvalue weighted by Gasteiger charge is -2.38. The van der Waals surface area contributed by atoms with Gasteiger partial charge in [0.2, 0.25) is 0 Å². The predicted octanol–water partition coefficient (Wildman–Crippen LogP) is 8.96. The monoisotopic (exact) mass is 715 g/mol. The van der Waals surface area contributed by atoms with Gasteiger partial charge in [-0.15, -0.1) is 0 Å². The van der Waals surface area contributed by atoms with Gasteiger partial charge in [0.25, 0.3) is 5.60 Å². The molecule has 0 amide bonds. The second-order valence-electron chi connectivity index (χ2n) is 12.0. The molecule has 1 fully saturated rings. The lowest BCUT2D eigenvalue weighted by Crippen LogP contribution is -2.56. The molecule has 1 aliphatic rings. The van der Waals surface area contributed by atoms with Crippen molar-refractivity contribution < 1.29 is 52.7 Å². The van der Waals surface area contributed by atoms with Crippen LogP contribution in [-0.4, -0.2) is 26.8 Å². The molecule has 1 N–H and O–H groups in total. The number of alkyl halides is 6. The first-order chi connectivity index (χ1) is 22.9. The van der Waals surface area contributed by atoms with Crippen LogP contribution < -0.4 is 5.32 Å². The van der Waals surface area contributed by atoms with Crippen LogP contribution in [0.4, 0.5) is 39.5 Å². The molecule has 5 rings (SSSR count). The van der Waals surface area contributed by atoms with E-state index in [1.54, 1.807) is 0 Å². The standard InChI is InChI=1S/C35H30F9NO3S/c1-22-5-7-23(8-6-22)20-45-27-17-18-32(19-27,49(46,47)28-15-13-26(36)14-16-28)24-9-11-25(12-10-24)33(34(39,40)41,35(42,43)44)48-21-29-30(37)3-2-4-31(29)38/h2-16,27,45H,17-21H2,1H3. The Balaban J connectivity index is 1.56. The summed E-state index contributed by atoms with van der Waals surface area (Å²) in [6.45, 7) is 0.545. The van der Waals surface area contributed by atoms with E-state index < -0.39 is 73.8 Å². The van der Waals surface area contributed by atoms with Crippen LogP contribution in [0.25, 0.3) is 0 Å². The van der Waals surface area contributed by atoms with Gasteiger partial charge in [0.15, 0.2) is 9.84 Å². The molecule has 0 spiro atoms. The molecule has 49 heavy (non-hydrogen) atoms. The minimum absolute atomic E-state index is 0.0651. The fraction of sp³-hybridized carbons (Fsp3) is 0.314. The average Bonchev–Trinajstić information content (AvgIpc) is 3.48. The molecular weight excluding hydrogens is 685 g/mol. The third-order valence-corrected chi connectivity index (χ3v) is 11.5. The van der Waals surface area contributed by atoms with Crippen molar-refractivity contribution in [3.05, 3.63) is 136 Å². The number of ether oxygens (including phenoxy) is 1. The summed E-state index contributed by atoms with van der Waals surface area (Å²) in [5.74, 6) is -3.53. The molecule has 2 atom stereocenters. The highest BCUT2D eigenvalue weighted by Crippen LogP contribution is 2.55. The largest absolute Gasteiger partial charge is 0.430 e. The minimum atomic E-state index is -6.18. The molecule has 0 saturated heterocycles. The van der Waals surface area contributed by atoms with E-state index in [1.807, 2.05) is 31.2 Å². The maximum atomic E-state index is 14.5. The Labute approximate surface area is 276 Å². The lowest BCUT2D eigenvalue weighted by atomic mass is 9.88. The summed E-state index contributed by atoms with van der Waals surface area (Å²) in [4.78, 5) is -0.285. The van der Waals surface area contributed by atoms with E-state index in [-0.39, 0.29) is 29.7 Å². The maximum Gasteiger partial charge on any atom is 0.430 e. The Morgan fingerprint density at radius 3 is 1.92 bits per heavy atom. The Hall–Kier alpha value is -3.88. The van der Waals surface area contributed by atoms with E-state index in [2.05, 4.69) is 10.1 Å². The molecule has 0 aliphatic heterocycles. The predicted molar refractivity (Wildman–Crippen MR) is 162 cm³/mol. The van der Waals surface area contributed by atoms with Gasteiger partial charge in [0.1, 0.15) is 22.2 Å². The van der Waals surface area contributed by atoms with Crippen molar-refractivity contribution >= 4 is 9.84 Å². The van der Waals surface area contributed by atoms with E-state index in [9.17, 15) is 47.9 Å². The molecule has 262 valence electrons. The van der Waals surface area contributed by atoms with Crippen LogP contribution in [-0.2, 0) is 38.1 Å². The van der Waals surface area contributed by atoms with Crippen molar-refractivity contribution in [2.45, 2.75) is 73.0 Å². The molecule has 1 saturated carbocycles. The van der Waals surface area contributed by atoms with Crippen molar-refractivity contribution in [2.24, 2.45) is 0 Å². The third kappa shape index (κ3) is 6.82. The highest BCUT2D eigenvalue weighted by molar-refractivity contribution is 7.92. The van der Waals surface area contributed by atoms with Gasteiger partial charge >= 0.3 is 12.4 Å². The van der Waals surface area contributed by atoms with Crippen LogP contribution in [0, 0.1) is 24.4 Å². The summed E-state index contributed by atoms with van der Waals surface area (Å²) in [6, 6.07) is 15.9. The fourth-order valence-electron chi connectivity index (χ4n) is 6.25. The summed E-state index contributed by atoms with van der Waals surface area (Å²) in [6.07, 6.45) is -12.2. The second-order valence-corrected chi connectivity index (χ2v) is 14.3. The van der Waals surface area contributed by atoms with E-state index >= 15 is 0 Å². The molecule has 0 heterocycles. The van der Waals surface area contributed by atoms with Gasteiger partial charge in [-0.05, 0) is 73.7 Å². The number of aryl methyl sites for hydroxylation is 1. The second kappa shape index (κ2) is 13.4. The Morgan fingerprint density at radius 2 is 1.37 bits per heavy atom. The number of halogens is 9. The van der Waals surface area contributed by atoms with Crippen LogP contribution in [0.15, 0.2) is 95.9 Å². The van der Waals surface area contributed by atoms with Gasteiger partial charge in [-0.2, -0.15) is 26.3 Å². The van der Waals surface area contributed by atoms with Gasteiger partial charge < -0.3 is 10.1 Å². The van der Waals surface area contributed by atoms with Gasteiger partial charge in [0.05, 0.1) is 11.5 Å². The molecule has 4 aromatic rings. The molecule has 0 bridgehead atoms. The van der Waals surface area contributed by atoms with E-state index in [1.165, 1.54) is 0 Å². The number of nitrogens with one attached hydrogen (secondary N) is 1.